The van der Waals surface area contributed by atoms with E-state index in [-0.39, 0.29) is 36.3 Å². The van der Waals surface area contributed by atoms with Gasteiger partial charge in [0.25, 0.3) is 0 Å². The van der Waals surface area contributed by atoms with Crippen LogP contribution in [0.1, 0.15) is 18.4 Å². The van der Waals surface area contributed by atoms with E-state index >= 15 is 0 Å². The molecular formula is C14H20ClFN2O2. The fourth-order valence-corrected chi connectivity index (χ4v) is 2.21. The highest BCUT2D eigenvalue weighted by molar-refractivity contribution is 5.85. The Hall–Kier alpha value is -1.17. The summed E-state index contributed by atoms with van der Waals surface area (Å²) in [5.74, 6) is -0.360. The summed E-state index contributed by atoms with van der Waals surface area (Å²) in [6, 6.07) is 6.38. The molecule has 0 radical (unpaired) electrons. The van der Waals surface area contributed by atoms with E-state index in [1.54, 1.807) is 6.07 Å². The average Bonchev–Trinajstić information content (AvgIpc) is 2.87. The largest absolute Gasteiger partial charge is 0.364 e. The van der Waals surface area contributed by atoms with Crippen LogP contribution in [0.4, 0.5) is 4.39 Å². The average molecular weight is 303 g/mol. The highest BCUT2D eigenvalue weighted by Gasteiger charge is 2.29. The van der Waals surface area contributed by atoms with Crippen LogP contribution in [0.5, 0.6) is 0 Å². The third-order valence-corrected chi connectivity index (χ3v) is 3.26. The molecular weight excluding hydrogens is 283 g/mol. The van der Waals surface area contributed by atoms with Gasteiger partial charge in [0.05, 0.1) is 6.10 Å². The van der Waals surface area contributed by atoms with Crippen molar-refractivity contribution in [1.82, 2.24) is 5.32 Å². The van der Waals surface area contributed by atoms with Gasteiger partial charge < -0.3 is 15.8 Å². The minimum Gasteiger partial charge on any atom is -0.364 e. The molecule has 2 atom stereocenters. The maximum atomic E-state index is 13.0. The van der Waals surface area contributed by atoms with E-state index in [4.69, 9.17) is 10.5 Å². The summed E-state index contributed by atoms with van der Waals surface area (Å²) in [7, 11) is 0. The van der Waals surface area contributed by atoms with Crippen molar-refractivity contribution >= 4 is 18.3 Å². The van der Waals surface area contributed by atoms with Gasteiger partial charge in [0.1, 0.15) is 11.9 Å². The van der Waals surface area contributed by atoms with Crippen molar-refractivity contribution in [3.8, 4) is 0 Å². The van der Waals surface area contributed by atoms with E-state index in [0.29, 0.717) is 25.9 Å². The van der Waals surface area contributed by atoms with Crippen LogP contribution < -0.4 is 11.1 Å². The maximum absolute atomic E-state index is 13.0. The third kappa shape index (κ3) is 4.74. The van der Waals surface area contributed by atoms with Crippen LogP contribution in [0.15, 0.2) is 24.3 Å². The fourth-order valence-electron chi connectivity index (χ4n) is 2.21. The molecule has 0 aliphatic carbocycles. The van der Waals surface area contributed by atoms with Crippen molar-refractivity contribution < 1.29 is 13.9 Å². The molecule has 2 rings (SSSR count). The number of halogens is 2. The Balaban J connectivity index is 0.00000200. The lowest BCUT2D eigenvalue weighted by molar-refractivity contribution is -0.131. The summed E-state index contributed by atoms with van der Waals surface area (Å²) in [5.41, 5.74) is 6.36. The van der Waals surface area contributed by atoms with Crippen LogP contribution in [-0.2, 0) is 16.0 Å². The zero-order valence-corrected chi connectivity index (χ0v) is 12.0. The van der Waals surface area contributed by atoms with E-state index in [0.717, 1.165) is 12.0 Å². The normalized spacial score (nSPS) is 21.3. The van der Waals surface area contributed by atoms with Crippen LogP contribution in [0.3, 0.4) is 0 Å². The first-order valence-corrected chi connectivity index (χ1v) is 6.56. The Bertz CT molecular complexity index is 445. The summed E-state index contributed by atoms with van der Waals surface area (Å²) < 4.78 is 18.5. The molecule has 0 saturated carbocycles. The molecule has 1 fully saturated rings. The molecule has 0 unspecified atom stereocenters. The second-order valence-corrected chi connectivity index (χ2v) is 4.73. The minimum absolute atomic E-state index is 0. The zero-order chi connectivity index (χ0) is 13.7. The zero-order valence-electron chi connectivity index (χ0n) is 11.2. The number of rotatable bonds is 5. The molecule has 1 aliphatic heterocycles. The van der Waals surface area contributed by atoms with Crippen molar-refractivity contribution in [2.75, 3.05) is 13.1 Å². The lowest BCUT2D eigenvalue weighted by Gasteiger charge is -2.12. The van der Waals surface area contributed by atoms with Gasteiger partial charge >= 0.3 is 0 Å². The number of ether oxygens (including phenoxy) is 1. The number of carbonyl (C=O) groups excluding carboxylic acids is 1. The van der Waals surface area contributed by atoms with Crippen LogP contribution >= 0.6 is 12.4 Å². The Kier molecular flexibility index (Phi) is 6.91. The molecule has 1 saturated heterocycles. The lowest BCUT2D eigenvalue weighted by Crippen LogP contribution is -2.36. The molecule has 20 heavy (non-hydrogen) atoms. The molecule has 1 aromatic rings. The second kappa shape index (κ2) is 8.19. The highest BCUT2D eigenvalue weighted by atomic mass is 35.5. The van der Waals surface area contributed by atoms with Crippen molar-refractivity contribution in [2.24, 2.45) is 5.73 Å². The quantitative estimate of drug-likeness (QED) is 0.864. The topological polar surface area (TPSA) is 64.4 Å². The first-order chi connectivity index (χ1) is 9.19. The number of nitrogens with two attached hydrogens (primary N) is 1. The molecule has 4 nitrogen and oxygen atoms in total. The molecule has 6 heteroatoms. The Morgan fingerprint density at radius 2 is 2.25 bits per heavy atom. The smallest absolute Gasteiger partial charge is 0.249 e. The number of amides is 1. The highest BCUT2D eigenvalue weighted by Crippen LogP contribution is 2.18. The number of hydrogen-bond donors (Lipinski definition) is 2. The van der Waals surface area contributed by atoms with Gasteiger partial charge in [0, 0.05) is 13.1 Å². The molecule has 1 aromatic carbocycles. The van der Waals surface area contributed by atoms with Gasteiger partial charge in [0.2, 0.25) is 5.91 Å². The summed E-state index contributed by atoms with van der Waals surface area (Å²) in [5, 5.41) is 2.81. The fraction of sp³-hybridized carbons (Fsp3) is 0.500. The van der Waals surface area contributed by atoms with Crippen LogP contribution in [0, 0.1) is 5.82 Å². The SMILES string of the molecule is Cl.NC[C@H]1CC[C@@H](C(=O)NCCc2cccc(F)c2)O1. The molecule has 1 aliphatic rings. The Labute approximate surface area is 124 Å². The monoisotopic (exact) mass is 302 g/mol. The van der Waals surface area contributed by atoms with E-state index in [1.807, 2.05) is 6.07 Å². The predicted octanol–water partition coefficient (Wildman–Crippen LogP) is 1.41. The van der Waals surface area contributed by atoms with Crippen molar-refractivity contribution in [2.45, 2.75) is 31.5 Å². The van der Waals surface area contributed by atoms with E-state index in [1.165, 1.54) is 12.1 Å². The van der Waals surface area contributed by atoms with Gasteiger partial charge in [-0.25, -0.2) is 4.39 Å². The van der Waals surface area contributed by atoms with Gasteiger partial charge in [-0.05, 0) is 37.0 Å². The van der Waals surface area contributed by atoms with Crippen molar-refractivity contribution in [1.29, 1.82) is 0 Å². The minimum atomic E-state index is -0.388. The standard InChI is InChI=1S/C14H19FN2O2.ClH/c15-11-3-1-2-10(8-11)6-7-17-14(18)13-5-4-12(9-16)19-13;/h1-3,8,12-13H,4-7,9,16H2,(H,17,18);1H/t12-,13+;/m1./s1. The van der Waals surface area contributed by atoms with E-state index < -0.39 is 0 Å². The van der Waals surface area contributed by atoms with Gasteiger partial charge in [-0.1, -0.05) is 12.1 Å². The Morgan fingerprint density at radius 3 is 2.90 bits per heavy atom. The lowest BCUT2D eigenvalue weighted by atomic mass is 10.1. The van der Waals surface area contributed by atoms with Gasteiger partial charge in [-0.3, -0.25) is 4.79 Å². The maximum Gasteiger partial charge on any atom is 0.249 e. The molecule has 0 bridgehead atoms. The molecule has 3 N–H and O–H groups in total. The number of hydrogen-bond acceptors (Lipinski definition) is 3. The summed E-state index contributed by atoms with van der Waals surface area (Å²) in [6.45, 7) is 0.933. The third-order valence-electron chi connectivity index (χ3n) is 3.26. The van der Waals surface area contributed by atoms with E-state index in [9.17, 15) is 9.18 Å². The van der Waals surface area contributed by atoms with Gasteiger partial charge in [-0.15, -0.1) is 12.4 Å². The molecule has 0 aromatic heterocycles. The van der Waals surface area contributed by atoms with Gasteiger partial charge in [0.15, 0.2) is 0 Å². The summed E-state index contributed by atoms with van der Waals surface area (Å²) >= 11 is 0. The van der Waals surface area contributed by atoms with Crippen molar-refractivity contribution in [3.05, 3.63) is 35.6 Å². The Morgan fingerprint density at radius 1 is 1.45 bits per heavy atom. The van der Waals surface area contributed by atoms with E-state index in [2.05, 4.69) is 5.32 Å². The second-order valence-electron chi connectivity index (χ2n) is 4.73. The van der Waals surface area contributed by atoms with Gasteiger partial charge in [-0.2, -0.15) is 0 Å². The number of benzene rings is 1. The number of carbonyl (C=O) groups is 1. The first kappa shape index (κ1) is 16.9. The van der Waals surface area contributed by atoms with Crippen LogP contribution in [0.2, 0.25) is 0 Å². The molecule has 1 amide bonds. The summed E-state index contributed by atoms with van der Waals surface area (Å²) in [6.07, 6.45) is 1.77. The molecule has 112 valence electrons. The van der Waals surface area contributed by atoms with Crippen LogP contribution in [0.25, 0.3) is 0 Å². The number of nitrogens with one attached hydrogen (secondary N) is 1. The predicted molar refractivity (Wildman–Crippen MR) is 77.3 cm³/mol. The molecule has 0 spiro atoms. The first-order valence-electron chi connectivity index (χ1n) is 6.56. The van der Waals surface area contributed by atoms with Crippen LogP contribution in [-0.4, -0.2) is 31.2 Å². The molecule has 1 heterocycles. The van der Waals surface area contributed by atoms with Crippen molar-refractivity contribution in [3.63, 3.8) is 0 Å². The summed E-state index contributed by atoms with van der Waals surface area (Å²) in [4.78, 5) is 11.8.